The molecule has 2 aromatic carbocycles. The summed E-state index contributed by atoms with van der Waals surface area (Å²) in [5.74, 6) is -0.0700. The molecular formula is C22H23NO3. The van der Waals surface area contributed by atoms with Gasteiger partial charge in [0, 0.05) is 5.57 Å². The molecule has 0 saturated heterocycles. The molecule has 0 aliphatic heterocycles. The summed E-state index contributed by atoms with van der Waals surface area (Å²) in [6, 6.07) is 17.5. The Labute approximate surface area is 154 Å². The number of hydrogen-bond acceptors (Lipinski definition) is 3. The number of rotatable bonds is 10. The Morgan fingerprint density at radius 1 is 0.962 bits per heavy atom. The lowest BCUT2D eigenvalue weighted by Crippen LogP contribution is -1.99. The Balaban J connectivity index is 1.68. The molecule has 0 atom stereocenters. The molecule has 4 heteroatoms. The molecule has 0 aromatic heterocycles. The van der Waals surface area contributed by atoms with Gasteiger partial charge in [-0.05, 0) is 54.7 Å². The highest BCUT2D eigenvalue weighted by Gasteiger charge is 2.03. The van der Waals surface area contributed by atoms with Crippen LogP contribution in [0.4, 0.5) is 0 Å². The lowest BCUT2D eigenvalue weighted by molar-refractivity contribution is -0.132. The van der Waals surface area contributed by atoms with Gasteiger partial charge in [-0.3, -0.25) is 0 Å². The largest absolute Gasteiger partial charge is 0.494 e. The number of nitriles is 1. The van der Waals surface area contributed by atoms with Crippen molar-refractivity contribution >= 4 is 5.97 Å². The Morgan fingerprint density at radius 3 is 2.12 bits per heavy atom. The number of benzene rings is 2. The normalized spacial score (nSPS) is 10.1. The van der Waals surface area contributed by atoms with E-state index in [1.807, 2.05) is 48.5 Å². The van der Waals surface area contributed by atoms with Gasteiger partial charge in [-0.15, -0.1) is 0 Å². The maximum atomic E-state index is 10.6. The first-order chi connectivity index (χ1) is 12.6. The van der Waals surface area contributed by atoms with E-state index in [1.165, 1.54) is 0 Å². The van der Waals surface area contributed by atoms with Gasteiger partial charge in [0.1, 0.15) is 5.75 Å². The van der Waals surface area contributed by atoms with E-state index in [-0.39, 0.29) is 5.57 Å². The van der Waals surface area contributed by atoms with Crippen LogP contribution in [0.15, 0.2) is 60.7 Å². The van der Waals surface area contributed by atoms with E-state index in [4.69, 9.17) is 15.1 Å². The summed E-state index contributed by atoms with van der Waals surface area (Å²) in [5.41, 5.74) is 3.09. The highest BCUT2D eigenvalue weighted by atomic mass is 16.5. The molecule has 0 radical (unpaired) electrons. The van der Waals surface area contributed by atoms with Crippen molar-refractivity contribution in [1.29, 1.82) is 5.26 Å². The van der Waals surface area contributed by atoms with Crippen LogP contribution in [0.1, 0.15) is 37.7 Å². The van der Waals surface area contributed by atoms with E-state index in [1.54, 1.807) is 0 Å². The zero-order chi connectivity index (χ0) is 18.8. The van der Waals surface area contributed by atoms with Crippen LogP contribution in [0.5, 0.6) is 5.75 Å². The number of aliphatic carboxylic acids is 1. The number of ether oxygens (including phenoxy) is 1. The van der Waals surface area contributed by atoms with Crippen molar-refractivity contribution in [2.24, 2.45) is 0 Å². The van der Waals surface area contributed by atoms with Gasteiger partial charge in [0.2, 0.25) is 0 Å². The molecule has 0 bridgehead atoms. The number of unbranched alkanes of at least 4 members (excludes halogenated alkanes) is 3. The zero-order valence-corrected chi connectivity index (χ0v) is 14.8. The number of carboxylic acids is 1. The summed E-state index contributed by atoms with van der Waals surface area (Å²) in [5, 5.41) is 17.6. The summed E-state index contributed by atoms with van der Waals surface area (Å²) < 4.78 is 5.74. The topological polar surface area (TPSA) is 70.3 Å². The van der Waals surface area contributed by atoms with Crippen LogP contribution >= 0.6 is 0 Å². The Morgan fingerprint density at radius 2 is 1.54 bits per heavy atom. The summed E-state index contributed by atoms with van der Waals surface area (Å²) in [6.07, 6.45) is 4.33. The molecule has 26 heavy (non-hydrogen) atoms. The van der Waals surface area contributed by atoms with Crippen molar-refractivity contribution in [2.75, 3.05) is 6.61 Å². The third-order valence-electron chi connectivity index (χ3n) is 4.15. The molecule has 0 spiro atoms. The minimum atomic E-state index is -0.905. The fourth-order valence-corrected chi connectivity index (χ4v) is 2.57. The fraction of sp³-hybridized carbons (Fsp3) is 0.273. The second-order valence-electron chi connectivity index (χ2n) is 6.13. The van der Waals surface area contributed by atoms with E-state index in [0.717, 1.165) is 42.6 Å². The fourth-order valence-electron chi connectivity index (χ4n) is 2.57. The van der Waals surface area contributed by atoms with Gasteiger partial charge in [-0.2, -0.15) is 5.26 Å². The predicted molar refractivity (Wildman–Crippen MR) is 102 cm³/mol. The summed E-state index contributed by atoms with van der Waals surface area (Å²) in [7, 11) is 0. The third-order valence-corrected chi connectivity index (χ3v) is 4.15. The van der Waals surface area contributed by atoms with E-state index in [0.29, 0.717) is 18.6 Å². The monoisotopic (exact) mass is 349 g/mol. The first-order valence-corrected chi connectivity index (χ1v) is 8.74. The van der Waals surface area contributed by atoms with E-state index < -0.39 is 5.97 Å². The van der Waals surface area contributed by atoms with Gasteiger partial charge in [0.25, 0.3) is 0 Å². The van der Waals surface area contributed by atoms with E-state index >= 15 is 0 Å². The second-order valence-corrected chi connectivity index (χ2v) is 6.13. The van der Waals surface area contributed by atoms with Crippen molar-refractivity contribution in [3.05, 3.63) is 66.2 Å². The summed E-state index contributed by atoms with van der Waals surface area (Å²) >= 11 is 0. The minimum absolute atomic E-state index is 0.281. The van der Waals surface area contributed by atoms with Crippen molar-refractivity contribution in [3.8, 4) is 22.9 Å². The Kier molecular flexibility index (Phi) is 7.45. The number of nitrogens with zero attached hydrogens (tertiary/aromatic N) is 1. The van der Waals surface area contributed by atoms with Crippen molar-refractivity contribution in [1.82, 2.24) is 0 Å². The summed E-state index contributed by atoms with van der Waals surface area (Å²) in [6.45, 7) is 4.18. The van der Waals surface area contributed by atoms with Crippen LogP contribution < -0.4 is 4.74 Å². The van der Waals surface area contributed by atoms with Gasteiger partial charge in [-0.25, -0.2) is 4.79 Å². The van der Waals surface area contributed by atoms with Gasteiger partial charge in [-0.1, -0.05) is 43.7 Å². The molecule has 0 saturated carbocycles. The van der Waals surface area contributed by atoms with Crippen LogP contribution in [0.3, 0.4) is 0 Å². The van der Waals surface area contributed by atoms with Gasteiger partial charge < -0.3 is 9.84 Å². The number of hydrogen-bond donors (Lipinski definition) is 1. The molecule has 0 heterocycles. The maximum absolute atomic E-state index is 10.6. The molecule has 0 amide bonds. The van der Waals surface area contributed by atoms with E-state index in [2.05, 4.69) is 12.6 Å². The SMILES string of the molecule is C=C(CCCCCCOc1ccc(-c2ccc(C#N)cc2)cc1)C(=O)O. The first-order valence-electron chi connectivity index (χ1n) is 8.74. The molecule has 0 fully saturated rings. The van der Waals surface area contributed by atoms with Crippen LogP contribution in [-0.2, 0) is 4.79 Å². The average Bonchev–Trinajstić information content (AvgIpc) is 2.67. The quantitative estimate of drug-likeness (QED) is 0.473. The van der Waals surface area contributed by atoms with Crippen molar-refractivity contribution in [3.63, 3.8) is 0 Å². The molecule has 2 rings (SSSR count). The minimum Gasteiger partial charge on any atom is -0.494 e. The second kappa shape index (κ2) is 10.0. The van der Waals surface area contributed by atoms with Gasteiger partial charge >= 0.3 is 5.97 Å². The smallest absolute Gasteiger partial charge is 0.330 e. The zero-order valence-electron chi connectivity index (χ0n) is 14.8. The molecule has 2 aromatic rings. The Bertz CT molecular complexity index is 771. The predicted octanol–water partition coefficient (Wildman–Crippen LogP) is 5.20. The lowest BCUT2D eigenvalue weighted by atomic mass is 10.0. The number of carbonyl (C=O) groups is 1. The third kappa shape index (κ3) is 6.10. The van der Waals surface area contributed by atoms with Crippen molar-refractivity contribution in [2.45, 2.75) is 32.1 Å². The average molecular weight is 349 g/mol. The maximum Gasteiger partial charge on any atom is 0.330 e. The van der Waals surface area contributed by atoms with Crippen LogP contribution in [-0.4, -0.2) is 17.7 Å². The van der Waals surface area contributed by atoms with Crippen molar-refractivity contribution < 1.29 is 14.6 Å². The van der Waals surface area contributed by atoms with Gasteiger partial charge in [0.15, 0.2) is 0 Å². The van der Waals surface area contributed by atoms with Crippen LogP contribution in [0.2, 0.25) is 0 Å². The number of carboxylic acid groups (broad SMARTS) is 1. The summed E-state index contributed by atoms with van der Waals surface area (Å²) in [4.78, 5) is 10.6. The lowest BCUT2D eigenvalue weighted by Gasteiger charge is -2.08. The van der Waals surface area contributed by atoms with E-state index in [9.17, 15) is 4.79 Å². The van der Waals surface area contributed by atoms with Crippen LogP contribution in [0.25, 0.3) is 11.1 Å². The molecule has 4 nitrogen and oxygen atoms in total. The Hall–Kier alpha value is -3.06. The highest BCUT2D eigenvalue weighted by molar-refractivity contribution is 5.85. The first kappa shape index (κ1) is 19.3. The molecule has 0 aliphatic carbocycles. The highest BCUT2D eigenvalue weighted by Crippen LogP contribution is 2.23. The standard InChI is InChI=1S/C22H23NO3/c1-17(22(24)25)6-4-2-3-5-15-26-21-13-11-20(12-14-21)19-9-7-18(16-23)8-10-19/h7-14H,1-6,15H2,(H,24,25). The molecule has 134 valence electrons. The van der Waals surface area contributed by atoms with Crippen LogP contribution in [0, 0.1) is 11.3 Å². The molecular weight excluding hydrogens is 326 g/mol. The van der Waals surface area contributed by atoms with Gasteiger partial charge in [0.05, 0.1) is 18.2 Å². The molecule has 0 aliphatic rings. The molecule has 0 unspecified atom stereocenters. The molecule has 1 N–H and O–H groups in total.